The lowest BCUT2D eigenvalue weighted by Crippen LogP contribution is -2.33. The van der Waals surface area contributed by atoms with E-state index in [1.807, 2.05) is 13.0 Å². The number of esters is 1. The van der Waals surface area contributed by atoms with E-state index in [0.29, 0.717) is 35.3 Å². The van der Waals surface area contributed by atoms with Crippen LogP contribution in [0.4, 0.5) is 5.69 Å². The molecule has 2 aromatic carbocycles. The Hall–Kier alpha value is -1.99. The van der Waals surface area contributed by atoms with Gasteiger partial charge in [0.05, 0.1) is 28.4 Å². The van der Waals surface area contributed by atoms with Crippen molar-refractivity contribution >= 4 is 34.9 Å². The summed E-state index contributed by atoms with van der Waals surface area (Å²) in [4.78, 5) is 11.5. The van der Waals surface area contributed by atoms with Gasteiger partial charge in [-0.25, -0.2) is 0 Å². The fourth-order valence-electron chi connectivity index (χ4n) is 2.80. The standard InChI is InChI=1S/C21H26Cl2N2O4/c1-3-29-18(27)12-25-17-9-6-14(19(22)20(17)23)10-11-24-13(2)21(28)15-4-7-16(26)8-5-15/h4-9,13,21,24-26,28H,3,10-12H2,1-2H3/t13-,21-/m0/s1. The average Bonchev–Trinajstić information content (AvgIpc) is 2.70. The quantitative estimate of drug-likeness (QED) is 0.418. The molecule has 0 heterocycles. The summed E-state index contributed by atoms with van der Waals surface area (Å²) in [7, 11) is 0. The lowest BCUT2D eigenvalue weighted by molar-refractivity contribution is -0.140. The normalized spacial score (nSPS) is 13.0. The Morgan fingerprint density at radius 2 is 1.83 bits per heavy atom. The minimum Gasteiger partial charge on any atom is -0.508 e. The number of carbonyl (C=O) groups is 1. The molecule has 2 rings (SSSR count). The Bertz CT molecular complexity index is 815. The van der Waals surface area contributed by atoms with Crippen molar-refractivity contribution in [3.05, 3.63) is 57.6 Å². The number of aliphatic hydroxyl groups excluding tert-OH is 1. The van der Waals surface area contributed by atoms with E-state index in [0.717, 1.165) is 11.1 Å². The summed E-state index contributed by atoms with van der Waals surface area (Å²) in [5.41, 5.74) is 2.15. The highest BCUT2D eigenvalue weighted by atomic mass is 35.5. The molecule has 0 saturated heterocycles. The van der Waals surface area contributed by atoms with Crippen molar-refractivity contribution in [2.24, 2.45) is 0 Å². The van der Waals surface area contributed by atoms with Crippen LogP contribution >= 0.6 is 23.2 Å². The van der Waals surface area contributed by atoms with E-state index in [9.17, 15) is 15.0 Å². The van der Waals surface area contributed by atoms with E-state index in [4.69, 9.17) is 27.9 Å². The Kier molecular flexibility index (Phi) is 9.04. The number of halogens is 2. The van der Waals surface area contributed by atoms with Crippen molar-refractivity contribution in [3.8, 4) is 5.75 Å². The Morgan fingerprint density at radius 3 is 2.48 bits per heavy atom. The summed E-state index contributed by atoms with van der Waals surface area (Å²) in [6.45, 7) is 4.55. The molecule has 0 aliphatic rings. The Morgan fingerprint density at radius 1 is 1.14 bits per heavy atom. The first-order valence-electron chi connectivity index (χ1n) is 9.40. The van der Waals surface area contributed by atoms with Gasteiger partial charge in [-0.15, -0.1) is 0 Å². The van der Waals surface area contributed by atoms with Crippen LogP contribution in [0, 0.1) is 0 Å². The molecule has 2 atom stereocenters. The van der Waals surface area contributed by atoms with Gasteiger partial charge in [0.15, 0.2) is 0 Å². The minimum absolute atomic E-state index is 0.0114. The van der Waals surface area contributed by atoms with Gasteiger partial charge in [0, 0.05) is 6.04 Å². The van der Waals surface area contributed by atoms with E-state index in [-0.39, 0.29) is 24.3 Å². The Balaban J connectivity index is 1.89. The molecule has 29 heavy (non-hydrogen) atoms. The molecule has 4 N–H and O–H groups in total. The van der Waals surface area contributed by atoms with E-state index < -0.39 is 6.10 Å². The molecule has 2 aromatic rings. The molecule has 0 aliphatic carbocycles. The van der Waals surface area contributed by atoms with Gasteiger partial charge in [0.1, 0.15) is 12.3 Å². The molecule has 0 aliphatic heterocycles. The predicted molar refractivity (Wildman–Crippen MR) is 116 cm³/mol. The van der Waals surface area contributed by atoms with Gasteiger partial charge >= 0.3 is 5.97 Å². The maximum Gasteiger partial charge on any atom is 0.325 e. The number of anilines is 1. The van der Waals surface area contributed by atoms with Gasteiger partial charge in [-0.1, -0.05) is 41.4 Å². The molecular formula is C21H26Cl2N2O4. The van der Waals surface area contributed by atoms with Crippen LogP contribution in [0.5, 0.6) is 5.75 Å². The van der Waals surface area contributed by atoms with Crippen LogP contribution in [0.15, 0.2) is 36.4 Å². The van der Waals surface area contributed by atoms with Crippen LogP contribution in [0.1, 0.15) is 31.1 Å². The number of phenolic OH excluding ortho intramolecular Hbond substituents is 1. The van der Waals surface area contributed by atoms with Crippen molar-refractivity contribution < 1.29 is 19.7 Å². The number of benzene rings is 2. The maximum atomic E-state index is 11.5. The Labute approximate surface area is 180 Å². The van der Waals surface area contributed by atoms with Crippen LogP contribution in [-0.4, -0.2) is 41.9 Å². The fraction of sp³-hybridized carbons (Fsp3) is 0.381. The molecule has 0 spiro atoms. The smallest absolute Gasteiger partial charge is 0.325 e. The van der Waals surface area contributed by atoms with Crippen LogP contribution in [0.3, 0.4) is 0 Å². The van der Waals surface area contributed by atoms with Crippen molar-refractivity contribution in [1.82, 2.24) is 5.32 Å². The molecule has 0 fully saturated rings. The topological polar surface area (TPSA) is 90.8 Å². The molecule has 6 nitrogen and oxygen atoms in total. The largest absolute Gasteiger partial charge is 0.508 e. The summed E-state index contributed by atoms with van der Waals surface area (Å²) in [6, 6.07) is 9.91. The van der Waals surface area contributed by atoms with E-state index in [2.05, 4.69) is 10.6 Å². The van der Waals surface area contributed by atoms with Crippen molar-refractivity contribution in [2.45, 2.75) is 32.4 Å². The molecule has 8 heteroatoms. The zero-order valence-corrected chi connectivity index (χ0v) is 17.9. The fourth-order valence-corrected chi connectivity index (χ4v) is 3.32. The SMILES string of the molecule is CCOC(=O)CNc1ccc(CCN[C@@H](C)[C@H](O)c2ccc(O)cc2)c(Cl)c1Cl. The monoisotopic (exact) mass is 440 g/mol. The van der Waals surface area contributed by atoms with Crippen LogP contribution in [0.2, 0.25) is 10.0 Å². The van der Waals surface area contributed by atoms with Crippen molar-refractivity contribution in [1.29, 1.82) is 0 Å². The summed E-state index contributed by atoms with van der Waals surface area (Å²) in [5, 5.41) is 26.7. The molecule has 158 valence electrons. The molecule has 0 amide bonds. The van der Waals surface area contributed by atoms with E-state index in [1.54, 1.807) is 37.3 Å². The zero-order chi connectivity index (χ0) is 21.4. The number of aliphatic hydroxyl groups is 1. The second kappa shape index (κ2) is 11.3. The number of hydrogen-bond acceptors (Lipinski definition) is 6. The molecule has 0 unspecified atom stereocenters. The molecule has 0 aromatic heterocycles. The van der Waals surface area contributed by atoms with E-state index in [1.165, 1.54) is 0 Å². The molecule has 0 bridgehead atoms. The van der Waals surface area contributed by atoms with Crippen molar-refractivity contribution in [3.63, 3.8) is 0 Å². The zero-order valence-electron chi connectivity index (χ0n) is 16.4. The van der Waals surface area contributed by atoms with Gasteiger partial charge < -0.3 is 25.6 Å². The van der Waals surface area contributed by atoms with Gasteiger partial charge in [0.25, 0.3) is 0 Å². The predicted octanol–water partition coefficient (Wildman–Crippen LogP) is 3.93. The lowest BCUT2D eigenvalue weighted by atomic mass is 10.0. The number of rotatable bonds is 10. The van der Waals surface area contributed by atoms with Crippen molar-refractivity contribution in [2.75, 3.05) is 25.0 Å². The number of hydrogen-bond donors (Lipinski definition) is 4. The summed E-state index contributed by atoms with van der Waals surface area (Å²) in [6.07, 6.45) is -0.0901. The summed E-state index contributed by atoms with van der Waals surface area (Å²) >= 11 is 12.7. The summed E-state index contributed by atoms with van der Waals surface area (Å²) in [5.74, 6) is -0.206. The minimum atomic E-state index is -0.705. The first-order valence-corrected chi connectivity index (χ1v) is 10.2. The highest BCUT2D eigenvalue weighted by molar-refractivity contribution is 6.44. The number of ether oxygens (including phenoxy) is 1. The van der Waals surface area contributed by atoms with Gasteiger partial charge in [-0.3, -0.25) is 4.79 Å². The van der Waals surface area contributed by atoms with Gasteiger partial charge in [-0.05, 0) is 56.1 Å². The lowest BCUT2D eigenvalue weighted by Gasteiger charge is -2.21. The third-order valence-corrected chi connectivity index (χ3v) is 5.38. The second-order valence-corrected chi connectivity index (χ2v) is 7.34. The third-order valence-electron chi connectivity index (χ3n) is 4.46. The first kappa shape index (κ1) is 23.3. The van der Waals surface area contributed by atoms with Crippen LogP contribution in [-0.2, 0) is 16.0 Å². The third kappa shape index (κ3) is 6.78. The molecule has 0 radical (unpaired) electrons. The average molecular weight is 441 g/mol. The summed E-state index contributed by atoms with van der Waals surface area (Å²) < 4.78 is 4.87. The second-order valence-electron chi connectivity index (χ2n) is 6.59. The maximum absolute atomic E-state index is 11.5. The first-order chi connectivity index (χ1) is 13.8. The van der Waals surface area contributed by atoms with E-state index >= 15 is 0 Å². The van der Waals surface area contributed by atoms with Crippen LogP contribution in [0.25, 0.3) is 0 Å². The number of phenols is 1. The van der Waals surface area contributed by atoms with Gasteiger partial charge in [-0.2, -0.15) is 0 Å². The number of nitrogens with one attached hydrogen (secondary N) is 2. The van der Waals surface area contributed by atoms with Gasteiger partial charge in [0.2, 0.25) is 0 Å². The molecule has 0 saturated carbocycles. The molecular weight excluding hydrogens is 415 g/mol. The van der Waals surface area contributed by atoms with Crippen LogP contribution < -0.4 is 10.6 Å². The highest BCUT2D eigenvalue weighted by Gasteiger charge is 2.16. The number of aromatic hydroxyl groups is 1. The highest BCUT2D eigenvalue weighted by Crippen LogP contribution is 2.33. The number of carbonyl (C=O) groups excluding carboxylic acids is 1.